The second-order valence-corrected chi connectivity index (χ2v) is 15.6. The van der Waals surface area contributed by atoms with Crippen LogP contribution in [0.3, 0.4) is 0 Å². The van der Waals surface area contributed by atoms with E-state index < -0.39 is 0 Å². The van der Waals surface area contributed by atoms with E-state index in [-0.39, 0.29) is 13.7 Å². The van der Waals surface area contributed by atoms with E-state index in [1.54, 1.807) is 0 Å². The van der Waals surface area contributed by atoms with Crippen LogP contribution in [0.4, 0.5) is 0 Å². The normalized spacial score (nSPS) is 13.1. The lowest BCUT2D eigenvalue weighted by atomic mass is 9.42. The van der Waals surface area contributed by atoms with E-state index in [4.69, 9.17) is 0 Å². The predicted molar refractivity (Wildman–Crippen MR) is 225 cm³/mol. The first-order chi connectivity index (χ1) is 25.3. The van der Waals surface area contributed by atoms with Gasteiger partial charge in [0.15, 0.2) is 0 Å². The lowest BCUT2D eigenvalue weighted by molar-refractivity contribution is 1.28. The highest BCUT2D eigenvalue weighted by Crippen LogP contribution is 2.43. The predicted octanol–water partition coefficient (Wildman–Crippen LogP) is 9.02. The van der Waals surface area contributed by atoms with Crippen LogP contribution in [0, 0.1) is 41.5 Å². The van der Waals surface area contributed by atoms with Crippen molar-refractivity contribution in [1.82, 2.24) is 8.96 Å². The highest BCUT2D eigenvalue weighted by atomic mass is 14.9. The molecule has 2 aromatic heterocycles. The monoisotopic (exact) mass is 664 g/mol. The summed E-state index contributed by atoms with van der Waals surface area (Å²) in [5.74, 6) is 0. The van der Waals surface area contributed by atoms with E-state index in [2.05, 4.69) is 172 Å². The largest absolute Gasteiger partial charge is 0.375 e. The van der Waals surface area contributed by atoms with Gasteiger partial charge < -0.3 is 8.96 Å². The molecule has 0 atom stereocenters. The van der Waals surface area contributed by atoms with Crippen LogP contribution >= 0.6 is 0 Å². The van der Waals surface area contributed by atoms with Gasteiger partial charge in [-0.1, -0.05) is 143 Å². The van der Waals surface area contributed by atoms with Gasteiger partial charge in [-0.05, 0) is 86.7 Å². The number of rotatable bonds is 2. The summed E-state index contributed by atoms with van der Waals surface area (Å²) in [4.78, 5) is 0. The van der Waals surface area contributed by atoms with Gasteiger partial charge in [0.2, 0.25) is 0 Å². The fraction of sp³-hybridized carbons (Fsp3) is 0.125. The Hall–Kier alpha value is -5.73. The lowest BCUT2D eigenvalue weighted by Gasteiger charge is -2.34. The third-order valence-corrected chi connectivity index (χ3v) is 12.4. The molecule has 11 rings (SSSR count). The summed E-state index contributed by atoms with van der Waals surface area (Å²) < 4.78 is 5.34. The van der Waals surface area contributed by atoms with Gasteiger partial charge in [0.05, 0.1) is 0 Å². The van der Waals surface area contributed by atoms with E-state index in [1.165, 1.54) is 121 Å². The summed E-state index contributed by atoms with van der Waals surface area (Å²) in [6.07, 6.45) is 0. The molecule has 2 aliphatic rings. The molecule has 0 N–H and O–H groups in total. The molecule has 2 nitrogen and oxygen atoms in total. The Balaban J connectivity index is 1.34. The Morgan fingerprint density at radius 1 is 0.365 bits per heavy atom. The number of nitrogens with zero attached hydrogens (tertiary/aromatic N) is 2. The van der Waals surface area contributed by atoms with Crippen LogP contribution in [-0.4, -0.2) is 22.7 Å². The molecule has 0 aliphatic carbocycles. The van der Waals surface area contributed by atoms with E-state index in [0.717, 1.165) is 0 Å². The van der Waals surface area contributed by atoms with E-state index in [9.17, 15) is 0 Å². The van der Waals surface area contributed by atoms with Gasteiger partial charge in [-0.2, -0.15) is 0 Å². The standard InChI is InChI=1S/C48H38B2N2/c1-27-21-29(3)45(30(4)22-27)49-41-25-40-38-18-12-16-36-34-14-8-10-20-44(34)52(48(36)38)50(46-31(5)23-28(2)24-32(46)6)42(40)26-39(41)37-17-11-15-35-33-13-7-9-19-43(33)51(49)47(35)37/h7-26H,1-6H3. The zero-order valence-electron chi connectivity index (χ0n) is 30.6. The first kappa shape index (κ1) is 29.9. The van der Waals surface area contributed by atoms with Crippen molar-refractivity contribution in [2.75, 3.05) is 0 Å². The van der Waals surface area contributed by atoms with Crippen LogP contribution < -0.4 is 21.9 Å². The molecule has 2 aliphatic heterocycles. The SMILES string of the molecule is Cc1cc(C)c(B2c3cc4c(cc3-c3cccc5c6ccccc6n2c35)B(c2c(C)cc(C)cc2C)n2c3ccccc3c3cccc-4c32)c(C)c1. The summed E-state index contributed by atoms with van der Waals surface area (Å²) in [6.45, 7) is 13.8. The van der Waals surface area contributed by atoms with Gasteiger partial charge >= 0.3 is 13.7 Å². The molecular formula is C48H38B2N2. The molecule has 7 aromatic carbocycles. The van der Waals surface area contributed by atoms with Crippen molar-refractivity contribution in [2.24, 2.45) is 0 Å². The Morgan fingerprint density at radius 3 is 1.13 bits per heavy atom. The molecule has 4 heteroatoms. The zero-order chi connectivity index (χ0) is 35.2. The fourth-order valence-corrected chi connectivity index (χ4v) is 10.7. The molecule has 9 aromatic rings. The molecule has 0 unspecified atom stereocenters. The van der Waals surface area contributed by atoms with Crippen molar-refractivity contribution in [3.8, 4) is 22.3 Å². The van der Waals surface area contributed by atoms with Crippen LogP contribution in [0.15, 0.2) is 121 Å². The molecule has 0 fully saturated rings. The van der Waals surface area contributed by atoms with Gasteiger partial charge in [-0.25, -0.2) is 0 Å². The fourth-order valence-electron chi connectivity index (χ4n) is 10.7. The molecule has 0 spiro atoms. The average Bonchev–Trinajstić information content (AvgIpc) is 3.64. The van der Waals surface area contributed by atoms with E-state index in [0.29, 0.717) is 0 Å². The molecule has 0 saturated heterocycles. The van der Waals surface area contributed by atoms with Gasteiger partial charge in [0, 0.05) is 54.7 Å². The number of para-hydroxylation sites is 4. The molecule has 0 amide bonds. The zero-order valence-corrected chi connectivity index (χ0v) is 30.6. The van der Waals surface area contributed by atoms with Gasteiger partial charge in [0.1, 0.15) is 0 Å². The first-order valence-corrected chi connectivity index (χ1v) is 18.7. The quantitative estimate of drug-likeness (QED) is 0.163. The number of aryl methyl sites for hydroxylation is 6. The van der Waals surface area contributed by atoms with Crippen LogP contribution in [0.2, 0.25) is 0 Å². The Morgan fingerprint density at radius 2 is 0.731 bits per heavy atom. The highest BCUT2D eigenvalue weighted by Gasteiger charge is 2.41. The summed E-state index contributed by atoms with van der Waals surface area (Å²) in [7, 11) is 0. The number of hydrogen-bond donors (Lipinski definition) is 0. The number of hydrogen-bond acceptors (Lipinski definition) is 0. The number of fused-ring (bicyclic) bond motifs is 10. The maximum absolute atomic E-state index is 2.67. The Kier molecular flexibility index (Phi) is 6.00. The van der Waals surface area contributed by atoms with Crippen molar-refractivity contribution >= 4 is 79.2 Å². The summed E-state index contributed by atoms with van der Waals surface area (Å²) >= 11 is 0. The molecule has 4 heterocycles. The van der Waals surface area contributed by atoms with Crippen LogP contribution in [-0.2, 0) is 0 Å². The number of benzene rings is 7. The van der Waals surface area contributed by atoms with Crippen molar-refractivity contribution < 1.29 is 0 Å². The minimum absolute atomic E-state index is 0.0338. The maximum Gasteiger partial charge on any atom is 0.329 e. The van der Waals surface area contributed by atoms with E-state index >= 15 is 0 Å². The third kappa shape index (κ3) is 3.77. The van der Waals surface area contributed by atoms with Crippen molar-refractivity contribution in [1.29, 1.82) is 0 Å². The summed E-state index contributed by atoms with van der Waals surface area (Å²) in [6, 6.07) is 46.7. The van der Waals surface area contributed by atoms with Gasteiger partial charge in [0.25, 0.3) is 0 Å². The lowest BCUT2D eigenvalue weighted by Crippen LogP contribution is -2.56. The minimum atomic E-state index is 0.0338. The second kappa shape index (κ2) is 10.4. The van der Waals surface area contributed by atoms with Crippen molar-refractivity contribution in [3.63, 3.8) is 0 Å². The van der Waals surface area contributed by atoms with Crippen LogP contribution in [0.5, 0.6) is 0 Å². The van der Waals surface area contributed by atoms with Crippen molar-refractivity contribution in [2.45, 2.75) is 41.5 Å². The van der Waals surface area contributed by atoms with Crippen LogP contribution in [0.25, 0.3) is 65.9 Å². The van der Waals surface area contributed by atoms with Crippen molar-refractivity contribution in [3.05, 3.63) is 155 Å². The Bertz CT molecular complexity index is 2800. The maximum atomic E-state index is 2.67. The second-order valence-electron chi connectivity index (χ2n) is 15.6. The first-order valence-electron chi connectivity index (χ1n) is 18.7. The molecule has 0 radical (unpaired) electrons. The number of aromatic nitrogens is 2. The third-order valence-electron chi connectivity index (χ3n) is 12.4. The molecular weight excluding hydrogens is 626 g/mol. The molecule has 52 heavy (non-hydrogen) atoms. The highest BCUT2D eigenvalue weighted by molar-refractivity contribution is 6.90. The van der Waals surface area contributed by atoms with E-state index in [1.807, 2.05) is 0 Å². The van der Waals surface area contributed by atoms with Gasteiger partial charge in [-0.15, -0.1) is 0 Å². The molecule has 0 bridgehead atoms. The smallest absolute Gasteiger partial charge is 0.329 e. The average molecular weight is 664 g/mol. The Labute approximate surface area is 305 Å². The summed E-state index contributed by atoms with van der Waals surface area (Å²) in [5, 5.41) is 5.30. The molecule has 0 saturated carbocycles. The van der Waals surface area contributed by atoms with Crippen LogP contribution in [0.1, 0.15) is 33.4 Å². The van der Waals surface area contributed by atoms with Gasteiger partial charge in [-0.3, -0.25) is 0 Å². The minimum Gasteiger partial charge on any atom is -0.375 e. The topological polar surface area (TPSA) is 9.86 Å². The molecule has 246 valence electrons. The summed E-state index contributed by atoms with van der Waals surface area (Å²) in [5.41, 5.74) is 24.2.